The van der Waals surface area contributed by atoms with Gasteiger partial charge in [0.15, 0.2) is 9.84 Å². The molecule has 4 nitrogen and oxygen atoms in total. The van der Waals surface area contributed by atoms with Gasteiger partial charge < -0.3 is 4.90 Å². The largest absolute Gasteiger partial charge is 0.339 e. The molecule has 0 fully saturated rings. The van der Waals surface area contributed by atoms with Crippen LogP contribution in [0, 0.1) is 0 Å². The molecule has 0 spiro atoms. The molecule has 0 radical (unpaired) electrons. The number of sulfone groups is 1. The van der Waals surface area contributed by atoms with Crippen LogP contribution >= 0.6 is 15.9 Å². The quantitative estimate of drug-likeness (QED) is 0.757. The van der Waals surface area contributed by atoms with Crippen molar-refractivity contribution in [3.63, 3.8) is 0 Å². The Balaban J connectivity index is 2.09. The molecule has 2 aromatic rings. The monoisotopic (exact) mass is 409 g/mol. The summed E-state index contributed by atoms with van der Waals surface area (Å²) in [7, 11) is -1.45. The molecule has 0 aromatic heterocycles. The minimum Gasteiger partial charge on any atom is -0.339 e. The summed E-state index contributed by atoms with van der Waals surface area (Å²) in [6.07, 6.45) is 1.51. The van der Waals surface area contributed by atoms with Crippen LogP contribution in [-0.4, -0.2) is 32.5 Å². The number of carbonyl (C=O) groups is 1. The van der Waals surface area contributed by atoms with E-state index < -0.39 is 9.84 Å². The molecule has 0 saturated carbocycles. The van der Waals surface area contributed by atoms with Gasteiger partial charge in [0.25, 0.3) is 0 Å². The molecule has 0 bridgehead atoms. The Morgan fingerprint density at radius 2 is 1.62 bits per heavy atom. The van der Waals surface area contributed by atoms with Gasteiger partial charge in [-0.3, -0.25) is 4.79 Å². The fourth-order valence-corrected chi connectivity index (χ4v) is 3.23. The molecule has 128 valence electrons. The van der Waals surface area contributed by atoms with Crippen molar-refractivity contribution in [1.29, 1.82) is 0 Å². The molecule has 1 atom stereocenters. The van der Waals surface area contributed by atoms with Gasteiger partial charge in [0, 0.05) is 17.8 Å². The summed E-state index contributed by atoms with van der Waals surface area (Å²) in [5, 5.41) is 0. The number of hydrogen-bond acceptors (Lipinski definition) is 3. The Morgan fingerprint density at radius 3 is 2.12 bits per heavy atom. The van der Waals surface area contributed by atoms with Crippen molar-refractivity contribution in [2.45, 2.75) is 24.3 Å². The van der Waals surface area contributed by atoms with Crippen LogP contribution in [0.5, 0.6) is 0 Å². The summed E-state index contributed by atoms with van der Waals surface area (Å²) in [4.78, 5) is 14.4. The molecular weight excluding hydrogens is 390 g/mol. The second kappa shape index (κ2) is 7.49. The summed E-state index contributed by atoms with van der Waals surface area (Å²) in [5.41, 5.74) is 1.85. The Hall–Kier alpha value is -1.66. The van der Waals surface area contributed by atoms with Crippen LogP contribution in [-0.2, 0) is 21.1 Å². The number of nitrogens with zero attached hydrogens (tertiary/aromatic N) is 1. The zero-order chi connectivity index (χ0) is 17.9. The summed E-state index contributed by atoms with van der Waals surface area (Å²) in [6, 6.07) is 14.2. The molecule has 0 aliphatic rings. The van der Waals surface area contributed by atoms with Crippen molar-refractivity contribution in [2.75, 3.05) is 13.3 Å². The number of amides is 1. The van der Waals surface area contributed by atoms with Crippen molar-refractivity contribution in [3.8, 4) is 0 Å². The van der Waals surface area contributed by atoms with E-state index in [0.717, 1.165) is 15.6 Å². The first-order valence-corrected chi connectivity index (χ1v) is 10.2. The summed E-state index contributed by atoms with van der Waals surface area (Å²) < 4.78 is 24.0. The summed E-state index contributed by atoms with van der Waals surface area (Å²) in [5.74, 6) is 0.0111. The Labute approximate surface area is 151 Å². The number of carbonyl (C=O) groups excluding carboxylic acids is 1. The van der Waals surface area contributed by atoms with Gasteiger partial charge in [-0.2, -0.15) is 0 Å². The third-order valence-electron chi connectivity index (χ3n) is 4.03. The van der Waals surface area contributed by atoms with Crippen molar-refractivity contribution in [1.82, 2.24) is 4.90 Å². The van der Waals surface area contributed by atoms with Gasteiger partial charge in [0.1, 0.15) is 0 Å². The zero-order valence-corrected chi connectivity index (χ0v) is 16.3. The van der Waals surface area contributed by atoms with Crippen molar-refractivity contribution in [3.05, 3.63) is 64.1 Å². The summed E-state index contributed by atoms with van der Waals surface area (Å²) >= 11 is 3.38. The van der Waals surface area contributed by atoms with Crippen LogP contribution < -0.4 is 0 Å². The second-order valence-corrected chi connectivity index (χ2v) is 8.76. The fraction of sp³-hybridized carbons (Fsp3) is 0.278. The maximum Gasteiger partial charge on any atom is 0.227 e. The smallest absolute Gasteiger partial charge is 0.227 e. The third-order valence-corrected chi connectivity index (χ3v) is 5.69. The van der Waals surface area contributed by atoms with Crippen LogP contribution in [0.2, 0.25) is 0 Å². The maximum atomic E-state index is 12.5. The Bertz CT molecular complexity index is 814. The Kier molecular flexibility index (Phi) is 5.83. The van der Waals surface area contributed by atoms with E-state index in [9.17, 15) is 13.2 Å². The average Bonchev–Trinajstić information content (AvgIpc) is 2.55. The average molecular weight is 410 g/mol. The van der Waals surface area contributed by atoms with Gasteiger partial charge in [-0.25, -0.2) is 8.42 Å². The predicted molar refractivity (Wildman–Crippen MR) is 98.6 cm³/mol. The lowest BCUT2D eigenvalue weighted by Crippen LogP contribution is -2.31. The molecule has 0 unspecified atom stereocenters. The second-order valence-electron chi connectivity index (χ2n) is 5.83. The van der Waals surface area contributed by atoms with E-state index in [4.69, 9.17) is 0 Å². The molecule has 24 heavy (non-hydrogen) atoms. The first-order valence-electron chi connectivity index (χ1n) is 7.48. The first kappa shape index (κ1) is 18.7. The topological polar surface area (TPSA) is 54.5 Å². The highest BCUT2D eigenvalue weighted by atomic mass is 79.9. The fourth-order valence-electron chi connectivity index (χ4n) is 2.33. The predicted octanol–water partition coefficient (Wildman–Crippen LogP) is 3.61. The van der Waals surface area contributed by atoms with Crippen LogP contribution in [0.25, 0.3) is 0 Å². The molecule has 0 N–H and O–H groups in total. The molecule has 0 heterocycles. The lowest BCUT2D eigenvalue weighted by atomic mass is 10.1. The van der Waals surface area contributed by atoms with E-state index in [-0.39, 0.29) is 16.8 Å². The standard InChI is InChI=1S/C18H20BrNO3S/c1-13(15-6-10-17(11-7-15)24(3,22)23)20(2)18(21)12-14-4-8-16(19)9-5-14/h4-11,13H,12H2,1-3H3/t13-/m1/s1. The highest BCUT2D eigenvalue weighted by Crippen LogP contribution is 2.22. The lowest BCUT2D eigenvalue weighted by Gasteiger charge is -2.25. The normalized spacial score (nSPS) is 12.7. The SMILES string of the molecule is C[C@H](c1ccc(S(C)(=O)=O)cc1)N(C)C(=O)Cc1ccc(Br)cc1. The molecule has 0 aliphatic carbocycles. The van der Waals surface area contributed by atoms with E-state index in [2.05, 4.69) is 15.9 Å². The van der Waals surface area contributed by atoms with Gasteiger partial charge >= 0.3 is 0 Å². The van der Waals surface area contributed by atoms with E-state index in [0.29, 0.717) is 6.42 Å². The van der Waals surface area contributed by atoms with Gasteiger partial charge in [-0.05, 0) is 42.3 Å². The first-order chi connectivity index (χ1) is 11.2. The minimum absolute atomic E-state index is 0.0111. The van der Waals surface area contributed by atoms with Crippen LogP contribution in [0.1, 0.15) is 24.1 Å². The Morgan fingerprint density at radius 1 is 1.08 bits per heavy atom. The van der Waals surface area contributed by atoms with Gasteiger partial charge in [-0.1, -0.05) is 40.2 Å². The highest BCUT2D eigenvalue weighted by molar-refractivity contribution is 9.10. The van der Waals surface area contributed by atoms with E-state index >= 15 is 0 Å². The van der Waals surface area contributed by atoms with E-state index in [1.165, 1.54) is 6.26 Å². The van der Waals surface area contributed by atoms with Gasteiger partial charge in [0.05, 0.1) is 17.4 Å². The van der Waals surface area contributed by atoms with Gasteiger partial charge in [-0.15, -0.1) is 0 Å². The molecule has 1 amide bonds. The van der Waals surface area contributed by atoms with Crippen molar-refractivity contribution >= 4 is 31.7 Å². The van der Waals surface area contributed by atoms with Crippen LogP contribution in [0.15, 0.2) is 57.9 Å². The van der Waals surface area contributed by atoms with E-state index in [1.807, 2.05) is 31.2 Å². The number of rotatable bonds is 5. The maximum absolute atomic E-state index is 12.5. The number of halogens is 1. The third kappa shape index (κ3) is 4.68. The summed E-state index contributed by atoms with van der Waals surface area (Å²) in [6.45, 7) is 1.93. The lowest BCUT2D eigenvalue weighted by molar-refractivity contribution is -0.131. The number of likely N-dealkylation sites (N-methyl/N-ethyl adjacent to an activating group) is 1. The number of benzene rings is 2. The zero-order valence-electron chi connectivity index (χ0n) is 13.9. The molecule has 6 heteroatoms. The molecule has 2 aromatic carbocycles. The molecule has 0 aliphatic heterocycles. The van der Waals surface area contributed by atoms with Crippen molar-refractivity contribution < 1.29 is 13.2 Å². The number of hydrogen-bond donors (Lipinski definition) is 0. The minimum atomic E-state index is -3.21. The molecule has 2 rings (SSSR count). The highest BCUT2D eigenvalue weighted by Gasteiger charge is 2.18. The van der Waals surface area contributed by atoms with Crippen LogP contribution in [0.4, 0.5) is 0 Å². The van der Waals surface area contributed by atoms with E-state index in [1.54, 1.807) is 36.2 Å². The molecular formula is C18H20BrNO3S. The van der Waals surface area contributed by atoms with Crippen LogP contribution in [0.3, 0.4) is 0 Å². The molecule has 0 saturated heterocycles. The van der Waals surface area contributed by atoms with Gasteiger partial charge in [0.2, 0.25) is 5.91 Å². The van der Waals surface area contributed by atoms with Crippen molar-refractivity contribution in [2.24, 2.45) is 0 Å².